The molecule has 1 aliphatic rings. The lowest BCUT2D eigenvalue weighted by Gasteiger charge is -2.05. The third kappa shape index (κ3) is 3.34. The lowest BCUT2D eigenvalue weighted by molar-refractivity contribution is -0.138. The lowest BCUT2D eigenvalue weighted by atomic mass is 10.2. The molecule has 1 saturated carbocycles. The molecule has 1 fully saturated rings. The van der Waals surface area contributed by atoms with Crippen LogP contribution in [0.15, 0.2) is 0 Å². The van der Waals surface area contributed by atoms with Crippen LogP contribution in [0.2, 0.25) is 0 Å². The zero-order valence-electron chi connectivity index (χ0n) is 6.42. The zero-order chi connectivity index (χ0) is 8.27. The summed E-state index contributed by atoms with van der Waals surface area (Å²) in [6.07, 6.45) is 2.97. The van der Waals surface area contributed by atoms with Gasteiger partial charge in [0.15, 0.2) is 0 Å². The fraction of sp³-hybridized carbons (Fsp3) is 0.857. The van der Waals surface area contributed by atoms with Gasteiger partial charge in [-0.05, 0) is 25.8 Å². The summed E-state index contributed by atoms with van der Waals surface area (Å²) >= 11 is 0. The van der Waals surface area contributed by atoms with Gasteiger partial charge in [0.25, 0.3) is 0 Å². The number of hydrogen-bond acceptors (Lipinski definition) is 3. The highest BCUT2D eigenvalue weighted by Gasteiger charge is 2.20. The van der Waals surface area contributed by atoms with Gasteiger partial charge >= 0.3 is 5.97 Å². The van der Waals surface area contributed by atoms with Crippen LogP contribution in [0.3, 0.4) is 0 Å². The van der Waals surface area contributed by atoms with Crippen molar-refractivity contribution in [3.63, 3.8) is 0 Å². The highest BCUT2D eigenvalue weighted by Crippen LogP contribution is 2.18. The molecule has 1 aliphatic carbocycles. The van der Waals surface area contributed by atoms with E-state index < -0.39 is 12.0 Å². The number of hydrogen-bond donors (Lipinski definition) is 3. The number of carboxylic acid groups (broad SMARTS) is 1. The summed E-state index contributed by atoms with van der Waals surface area (Å²) in [5.41, 5.74) is 5.28. The van der Waals surface area contributed by atoms with Gasteiger partial charge in [0.2, 0.25) is 0 Å². The standard InChI is InChI=1S/C7H14N2O2/c8-6(7(10)11)3-4-9-5-1-2-5/h5-6,9H,1-4,8H2,(H,10,11)/t6-/m0/s1. The van der Waals surface area contributed by atoms with Crippen molar-refractivity contribution in [3.8, 4) is 0 Å². The molecular weight excluding hydrogens is 144 g/mol. The fourth-order valence-electron chi connectivity index (χ4n) is 0.854. The first-order valence-electron chi connectivity index (χ1n) is 3.92. The summed E-state index contributed by atoms with van der Waals surface area (Å²) in [4.78, 5) is 10.2. The Morgan fingerprint density at radius 3 is 2.82 bits per heavy atom. The highest BCUT2D eigenvalue weighted by molar-refractivity contribution is 5.72. The average molecular weight is 158 g/mol. The van der Waals surface area contributed by atoms with E-state index in [1.807, 2.05) is 0 Å². The first kappa shape index (κ1) is 8.49. The summed E-state index contributed by atoms with van der Waals surface area (Å²) in [5.74, 6) is -0.914. The summed E-state index contributed by atoms with van der Waals surface area (Å²) < 4.78 is 0. The van der Waals surface area contributed by atoms with Crippen molar-refractivity contribution in [1.29, 1.82) is 0 Å². The number of nitrogens with two attached hydrogens (primary N) is 1. The predicted octanol–water partition coefficient (Wildman–Crippen LogP) is -0.460. The van der Waals surface area contributed by atoms with Gasteiger partial charge in [-0.15, -0.1) is 0 Å². The third-order valence-electron chi connectivity index (χ3n) is 1.78. The molecular formula is C7H14N2O2. The molecule has 64 valence electrons. The van der Waals surface area contributed by atoms with Gasteiger partial charge in [-0.1, -0.05) is 0 Å². The highest BCUT2D eigenvalue weighted by atomic mass is 16.4. The van der Waals surface area contributed by atoms with E-state index in [2.05, 4.69) is 5.32 Å². The summed E-state index contributed by atoms with van der Waals surface area (Å²) in [6, 6.07) is -0.0720. The Bertz CT molecular complexity index is 145. The molecule has 0 aromatic carbocycles. The Labute approximate surface area is 65.8 Å². The second-order valence-corrected chi connectivity index (χ2v) is 2.96. The van der Waals surface area contributed by atoms with Gasteiger partial charge in [0.1, 0.15) is 6.04 Å². The minimum absolute atomic E-state index is 0.520. The maximum absolute atomic E-state index is 10.2. The number of nitrogens with one attached hydrogen (secondary N) is 1. The lowest BCUT2D eigenvalue weighted by Crippen LogP contribution is -2.34. The maximum Gasteiger partial charge on any atom is 0.320 e. The maximum atomic E-state index is 10.2. The summed E-state index contributed by atoms with van der Waals surface area (Å²) in [5, 5.41) is 11.6. The van der Waals surface area contributed by atoms with E-state index in [9.17, 15) is 4.79 Å². The largest absolute Gasteiger partial charge is 0.480 e. The quantitative estimate of drug-likeness (QED) is 0.506. The normalized spacial score (nSPS) is 19.7. The molecule has 4 N–H and O–H groups in total. The average Bonchev–Trinajstić information content (AvgIpc) is 2.71. The molecule has 0 bridgehead atoms. The van der Waals surface area contributed by atoms with Crippen molar-refractivity contribution in [1.82, 2.24) is 5.32 Å². The van der Waals surface area contributed by atoms with Crippen LogP contribution in [-0.4, -0.2) is 29.7 Å². The van der Waals surface area contributed by atoms with E-state index in [1.165, 1.54) is 12.8 Å². The molecule has 0 heterocycles. The molecule has 0 spiro atoms. The van der Waals surface area contributed by atoms with E-state index in [4.69, 9.17) is 10.8 Å². The van der Waals surface area contributed by atoms with E-state index in [0.29, 0.717) is 12.5 Å². The monoisotopic (exact) mass is 158 g/mol. The molecule has 0 saturated heterocycles. The van der Waals surface area contributed by atoms with Crippen molar-refractivity contribution in [2.24, 2.45) is 5.73 Å². The Kier molecular flexibility index (Phi) is 2.84. The number of carboxylic acids is 1. The minimum Gasteiger partial charge on any atom is -0.480 e. The molecule has 1 rings (SSSR count). The molecule has 0 aliphatic heterocycles. The van der Waals surface area contributed by atoms with Gasteiger partial charge in [-0.3, -0.25) is 4.79 Å². The van der Waals surface area contributed by atoms with E-state index in [1.54, 1.807) is 0 Å². The predicted molar refractivity (Wildman–Crippen MR) is 41.3 cm³/mol. The molecule has 4 nitrogen and oxygen atoms in total. The second-order valence-electron chi connectivity index (χ2n) is 2.96. The topological polar surface area (TPSA) is 75.3 Å². The van der Waals surface area contributed by atoms with Crippen LogP contribution in [0, 0.1) is 0 Å². The van der Waals surface area contributed by atoms with Crippen LogP contribution in [0.25, 0.3) is 0 Å². The molecule has 0 aromatic heterocycles. The second kappa shape index (κ2) is 3.69. The number of rotatable bonds is 5. The fourth-order valence-corrected chi connectivity index (χ4v) is 0.854. The van der Waals surface area contributed by atoms with E-state index in [0.717, 1.165) is 6.54 Å². The van der Waals surface area contributed by atoms with Gasteiger partial charge in [0.05, 0.1) is 0 Å². The number of carbonyl (C=O) groups is 1. The Morgan fingerprint density at radius 2 is 2.36 bits per heavy atom. The Morgan fingerprint density at radius 1 is 1.73 bits per heavy atom. The van der Waals surface area contributed by atoms with Gasteiger partial charge in [0, 0.05) is 6.04 Å². The van der Waals surface area contributed by atoms with Crippen LogP contribution in [-0.2, 0) is 4.79 Å². The van der Waals surface area contributed by atoms with Crippen LogP contribution in [0.4, 0.5) is 0 Å². The molecule has 1 atom stereocenters. The third-order valence-corrected chi connectivity index (χ3v) is 1.78. The molecule has 0 unspecified atom stereocenters. The van der Waals surface area contributed by atoms with Crippen molar-refractivity contribution in [2.75, 3.05) is 6.54 Å². The molecule has 0 amide bonds. The zero-order valence-corrected chi connectivity index (χ0v) is 6.42. The molecule has 0 aromatic rings. The minimum atomic E-state index is -0.914. The molecule has 4 heteroatoms. The van der Waals surface area contributed by atoms with E-state index in [-0.39, 0.29) is 0 Å². The SMILES string of the molecule is N[C@@H](CCNC1CC1)C(=O)O. The van der Waals surface area contributed by atoms with Crippen molar-refractivity contribution in [2.45, 2.75) is 31.3 Å². The van der Waals surface area contributed by atoms with Crippen molar-refractivity contribution < 1.29 is 9.90 Å². The van der Waals surface area contributed by atoms with Crippen molar-refractivity contribution in [3.05, 3.63) is 0 Å². The van der Waals surface area contributed by atoms with Gasteiger partial charge in [-0.25, -0.2) is 0 Å². The summed E-state index contributed by atoms with van der Waals surface area (Å²) in [7, 11) is 0. The van der Waals surface area contributed by atoms with Crippen LogP contribution < -0.4 is 11.1 Å². The Hall–Kier alpha value is -0.610. The van der Waals surface area contributed by atoms with Crippen molar-refractivity contribution >= 4 is 5.97 Å². The van der Waals surface area contributed by atoms with Gasteiger partial charge < -0.3 is 16.2 Å². The molecule has 0 radical (unpaired) electrons. The van der Waals surface area contributed by atoms with Crippen LogP contribution >= 0.6 is 0 Å². The smallest absolute Gasteiger partial charge is 0.320 e. The van der Waals surface area contributed by atoms with Gasteiger partial charge in [-0.2, -0.15) is 0 Å². The summed E-state index contributed by atoms with van der Waals surface area (Å²) in [6.45, 7) is 0.720. The van der Waals surface area contributed by atoms with Crippen LogP contribution in [0.1, 0.15) is 19.3 Å². The van der Waals surface area contributed by atoms with E-state index >= 15 is 0 Å². The first-order chi connectivity index (χ1) is 5.20. The first-order valence-corrected chi connectivity index (χ1v) is 3.92. The number of aliphatic carboxylic acids is 1. The van der Waals surface area contributed by atoms with Crippen LogP contribution in [0.5, 0.6) is 0 Å². The Balaban J connectivity index is 1.96. The molecule has 11 heavy (non-hydrogen) atoms.